The van der Waals surface area contributed by atoms with Gasteiger partial charge in [-0.2, -0.15) is 0 Å². The summed E-state index contributed by atoms with van der Waals surface area (Å²) >= 11 is 10.6. The van der Waals surface area contributed by atoms with Gasteiger partial charge in [0.05, 0.1) is 20.2 Å². The molecule has 26 heavy (non-hydrogen) atoms. The zero-order valence-electron chi connectivity index (χ0n) is 14.2. The maximum Gasteiger partial charge on any atom is 0.264 e. The van der Waals surface area contributed by atoms with Crippen molar-refractivity contribution in [2.24, 2.45) is 0 Å². The first kappa shape index (κ1) is 19.1. The normalized spacial score (nSPS) is 14.4. The average molecular weight is 458 g/mol. The van der Waals surface area contributed by atoms with E-state index in [1.54, 1.807) is 24.2 Å². The van der Waals surface area contributed by atoms with Crippen LogP contribution in [0.4, 0.5) is 5.82 Å². The van der Waals surface area contributed by atoms with Crippen molar-refractivity contribution < 1.29 is 9.59 Å². The molecule has 0 radical (unpaired) electrons. The maximum absolute atomic E-state index is 12.5. The minimum Gasteiger partial charge on any atom is -0.353 e. The van der Waals surface area contributed by atoms with E-state index >= 15 is 0 Å². The number of amides is 2. The van der Waals surface area contributed by atoms with Gasteiger partial charge in [-0.15, -0.1) is 11.3 Å². The zero-order chi connectivity index (χ0) is 18.7. The number of rotatable bonds is 4. The van der Waals surface area contributed by atoms with Crippen molar-refractivity contribution in [3.05, 3.63) is 44.1 Å². The minimum absolute atomic E-state index is 0.0415. The Labute approximate surface area is 169 Å². The topological polar surface area (TPSA) is 56.8 Å². The van der Waals surface area contributed by atoms with Crippen LogP contribution in [0.3, 0.4) is 0 Å². The van der Waals surface area contributed by atoms with Crippen molar-refractivity contribution in [2.45, 2.75) is 0 Å². The van der Waals surface area contributed by atoms with Crippen LogP contribution in [-0.2, 0) is 4.79 Å². The fourth-order valence-corrected chi connectivity index (χ4v) is 4.22. The standard InChI is InChI=1S/C17H18BrClN4O2S/c1-21(17(25)13-3-4-14(18)26-13)11-16(24)23-8-6-22(7-9-23)15-5-2-12(19)10-20-15/h2-5,10H,6-9,11H2,1H3. The van der Waals surface area contributed by atoms with Gasteiger partial charge in [0.15, 0.2) is 0 Å². The van der Waals surface area contributed by atoms with E-state index < -0.39 is 0 Å². The van der Waals surface area contributed by atoms with Gasteiger partial charge in [-0.05, 0) is 40.2 Å². The van der Waals surface area contributed by atoms with Crippen molar-refractivity contribution in [3.63, 3.8) is 0 Å². The van der Waals surface area contributed by atoms with Gasteiger partial charge in [0.2, 0.25) is 5.91 Å². The first-order valence-electron chi connectivity index (χ1n) is 8.09. The van der Waals surface area contributed by atoms with E-state index in [0.717, 1.165) is 9.60 Å². The Morgan fingerprint density at radius 2 is 1.96 bits per heavy atom. The molecular formula is C17H18BrClN4O2S. The van der Waals surface area contributed by atoms with Crippen LogP contribution in [0, 0.1) is 0 Å². The summed E-state index contributed by atoms with van der Waals surface area (Å²) in [5.41, 5.74) is 0. The Kier molecular flexibility index (Phi) is 6.16. The summed E-state index contributed by atoms with van der Waals surface area (Å²) < 4.78 is 0.896. The molecule has 1 saturated heterocycles. The number of anilines is 1. The number of carbonyl (C=O) groups excluding carboxylic acids is 2. The molecule has 2 aromatic rings. The van der Waals surface area contributed by atoms with Crippen LogP contribution in [0.15, 0.2) is 34.2 Å². The monoisotopic (exact) mass is 456 g/mol. The Bertz CT molecular complexity index is 790. The molecule has 138 valence electrons. The van der Waals surface area contributed by atoms with Gasteiger partial charge in [0, 0.05) is 39.4 Å². The van der Waals surface area contributed by atoms with E-state index in [1.165, 1.54) is 16.2 Å². The SMILES string of the molecule is CN(CC(=O)N1CCN(c2ccc(Cl)cn2)CC1)C(=O)c1ccc(Br)s1. The van der Waals surface area contributed by atoms with Gasteiger partial charge >= 0.3 is 0 Å². The Morgan fingerprint density at radius 3 is 2.54 bits per heavy atom. The molecule has 0 unspecified atom stereocenters. The summed E-state index contributed by atoms with van der Waals surface area (Å²) in [6.07, 6.45) is 1.62. The molecule has 1 aliphatic rings. The van der Waals surface area contributed by atoms with Crippen LogP contribution < -0.4 is 4.90 Å². The van der Waals surface area contributed by atoms with Crippen molar-refractivity contribution >= 4 is 56.5 Å². The summed E-state index contributed by atoms with van der Waals surface area (Å²) in [7, 11) is 1.65. The number of aromatic nitrogens is 1. The highest BCUT2D eigenvalue weighted by Crippen LogP contribution is 2.23. The highest BCUT2D eigenvalue weighted by molar-refractivity contribution is 9.11. The van der Waals surface area contributed by atoms with E-state index in [-0.39, 0.29) is 18.4 Å². The lowest BCUT2D eigenvalue weighted by atomic mass is 10.3. The number of hydrogen-bond donors (Lipinski definition) is 0. The van der Waals surface area contributed by atoms with Gasteiger partial charge in [0.1, 0.15) is 5.82 Å². The highest BCUT2D eigenvalue weighted by atomic mass is 79.9. The van der Waals surface area contributed by atoms with E-state index in [2.05, 4.69) is 25.8 Å². The van der Waals surface area contributed by atoms with E-state index in [1.807, 2.05) is 18.2 Å². The van der Waals surface area contributed by atoms with Crippen LogP contribution >= 0.6 is 38.9 Å². The lowest BCUT2D eigenvalue weighted by Gasteiger charge is -2.36. The maximum atomic E-state index is 12.5. The fourth-order valence-electron chi connectivity index (χ4n) is 2.73. The number of pyridine rings is 1. The second kappa shape index (κ2) is 8.37. The number of halogens is 2. The molecule has 0 spiro atoms. The molecule has 0 atom stereocenters. The van der Waals surface area contributed by atoms with Crippen LogP contribution in [0.25, 0.3) is 0 Å². The first-order valence-corrected chi connectivity index (χ1v) is 10.1. The Balaban J connectivity index is 1.51. The van der Waals surface area contributed by atoms with Crippen molar-refractivity contribution in [1.82, 2.24) is 14.8 Å². The molecule has 0 N–H and O–H groups in total. The molecule has 3 rings (SSSR count). The van der Waals surface area contributed by atoms with Crippen molar-refractivity contribution in [3.8, 4) is 0 Å². The van der Waals surface area contributed by atoms with Crippen molar-refractivity contribution in [2.75, 3.05) is 44.7 Å². The van der Waals surface area contributed by atoms with Crippen LogP contribution in [0.2, 0.25) is 5.02 Å². The Hall–Kier alpha value is -1.64. The lowest BCUT2D eigenvalue weighted by molar-refractivity contribution is -0.131. The van der Waals surface area contributed by atoms with Crippen LogP contribution in [0.1, 0.15) is 9.67 Å². The smallest absolute Gasteiger partial charge is 0.264 e. The lowest BCUT2D eigenvalue weighted by Crippen LogP contribution is -2.51. The van der Waals surface area contributed by atoms with E-state index in [0.29, 0.717) is 36.1 Å². The third kappa shape index (κ3) is 4.55. The number of hydrogen-bond acceptors (Lipinski definition) is 5. The molecule has 0 aliphatic carbocycles. The van der Waals surface area contributed by atoms with Gasteiger partial charge in [-0.3, -0.25) is 9.59 Å². The second-order valence-electron chi connectivity index (χ2n) is 5.97. The highest BCUT2D eigenvalue weighted by Gasteiger charge is 2.24. The molecule has 1 fully saturated rings. The van der Waals surface area contributed by atoms with Crippen LogP contribution in [-0.4, -0.2) is 66.4 Å². The molecule has 2 amide bonds. The molecule has 0 aromatic carbocycles. The second-order valence-corrected chi connectivity index (χ2v) is 8.87. The summed E-state index contributed by atoms with van der Waals surface area (Å²) in [6.45, 7) is 2.70. The molecule has 3 heterocycles. The summed E-state index contributed by atoms with van der Waals surface area (Å²) in [6, 6.07) is 7.28. The van der Waals surface area contributed by atoms with E-state index in [9.17, 15) is 9.59 Å². The minimum atomic E-state index is -0.141. The zero-order valence-corrected chi connectivity index (χ0v) is 17.4. The number of nitrogens with zero attached hydrogens (tertiary/aromatic N) is 4. The van der Waals surface area contributed by atoms with Crippen molar-refractivity contribution in [1.29, 1.82) is 0 Å². The van der Waals surface area contributed by atoms with Gasteiger partial charge < -0.3 is 14.7 Å². The molecular weight excluding hydrogens is 440 g/mol. The fraction of sp³-hybridized carbons (Fsp3) is 0.353. The third-order valence-corrected chi connectivity index (χ3v) is 6.01. The first-order chi connectivity index (χ1) is 12.4. The van der Waals surface area contributed by atoms with Gasteiger partial charge in [0.25, 0.3) is 5.91 Å². The average Bonchev–Trinajstić information content (AvgIpc) is 3.08. The summed E-state index contributed by atoms with van der Waals surface area (Å²) in [5, 5.41) is 0.605. The summed E-state index contributed by atoms with van der Waals surface area (Å²) in [5.74, 6) is 0.676. The largest absolute Gasteiger partial charge is 0.353 e. The number of thiophene rings is 1. The van der Waals surface area contributed by atoms with Gasteiger partial charge in [-0.25, -0.2) is 4.98 Å². The molecule has 0 bridgehead atoms. The molecule has 2 aromatic heterocycles. The predicted molar refractivity (Wildman–Crippen MR) is 107 cm³/mol. The quantitative estimate of drug-likeness (QED) is 0.708. The summed E-state index contributed by atoms with van der Waals surface area (Å²) in [4.78, 5) is 35.2. The predicted octanol–water partition coefficient (Wildman–Crippen LogP) is 2.98. The van der Waals surface area contributed by atoms with Gasteiger partial charge in [-0.1, -0.05) is 11.6 Å². The molecule has 0 saturated carbocycles. The third-order valence-electron chi connectivity index (χ3n) is 4.17. The molecule has 9 heteroatoms. The van der Waals surface area contributed by atoms with E-state index in [4.69, 9.17) is 11.6 Å². The van der Waals surface area contributed by atoms with Crippen LogP contribution in [0.5, 0.6) is 0 Å². The molecule has 6 nitrogen and oxygen atoms in total. The Morgan fingerprint density at radius 1 is 1.23 bits per heavy atom. The molecule has 1 aliphatic heterocycles. The number of likely N-dealkylation sites (N-methyl/N-ethyl adjacent to an activating group) is 1. The number of carbonyl (C=O) groups is 2. The number of piperazine rings is 1.